The Labute approximate surface area is 335 Å². The van der Waals surface area contributed by atoms with Gasteiger partial charge in [-0.2, -0.15) is 0 Å². The summed E-state index contributed by atoms with van der Waals surface area (Å²) in [4.78, 5) is 25.6. The van der Waals surface area contributed by atoms with Gasteiger partial charge in [0.25, 0.3) is 0 Å². The summed E-state index contributed by atoms with van der Waals surface area (Å²) in [6.07, 6.45) is 1.40. The van der Waals surface area contributed by atoms with Gasteiger partial charge in [0.1, 0.15) is 11.7 Å². The molecule has 0 aliphatic carbocycles. The van der Waals surface area contributed by atoms with Crippen LogP contribution in [0.4, 0.5) is 0 Å². The number of hydrogen-bond donors (Lipinski definition) is 1. The van der Waals surface area contributed by atoms with Crippen molar-refractivity contribution in [1.29, 1.82) is 0 Å². The topological polar surface area (TPSA) is 75.4 Å². The lowest BCUT2D eigenvalue weighted by Crippen LogP contribution is -2.36. The second-order valence-corrected chi connectivity index (χ2v) is 14.6. The minimum absolute atomic E-state index is 0.486. The first-order valence-electron chi connectivity index (χ1n) is 19.4. The zero-order valence-corrected chi connectivity index (χ0v) is 31.3. The van der Waals surface area contributed by atoms with Crippen LogP contribution in [0.5, 0.6) is 0 Å². The third kappa shape index (κ3) is 6.14. The number of fused-ring (bicyclic) bond motifs is 5. The first-order valence-corrected chi connectivity index (χ1v) is 19.4. The molecule has 1 aliphatic rings. The molecule has 272 valence electrons. The third-order valence-electron chi connectivity index (χ3n) is 10.9. The number of pyridine rings is 1. The van der Waals surface area contributed by atoms with Crippen LogP contribution in [0, 0.1) is 0 Å². The number of amidine groups is 2. The summed E-state index contributed by atoms with van der Waals surface area (Å²) in [6, 6.07) is 65.3. The summed E-state index contributed by atoms with van der Waals surface area (Å²) in [5.41, 5.74) is 9.85. The molecule has 0 saturated carbocycles. The molecule has 2 aromatic heterocycles. The zero-order valence-electron chi connectivity index (χ0n) is 31.3. The largest absolute Gasteiger partial charge is 0.324 e. The maximum atomic E-state index is 5.25. The lowest BCUT2D eigenvalue weighted by atomic mass is 9.96. The van der Waals surface area contributed by atoms with E-state index in [0.717, 1.165) is 94.3 Å². The van der Waals surface area contributed by atoms with E-state index in [4.69, 9.17) is 24.9 Å². The van der Waals surface area contributed by atoms with Gasteiger partial charge >= 0.3 is 0 Å². The Morgan fingerprint density at radius 3 is 1.88 bits per heavy atom. The van der Waals surface area contributed by atoms with Crippen molar-refractivity contribution in [3.05, 3.63) is 211 Å². The van der Waals surface area contributed by atoms with Crippen LogP contribution >= 0.6 is 0 Å². The summed E-state index contributed by atoms with van der Waals surface area (Å²) in [5, 5.41) is 10.2. The van der Waals surface area contributed by atoms with E-state index in [9.17, 15) is 0 Å². The molecule has 8 aromatic carbocycles. The molecule has 0 bridgehead atoms. The minimum Gasteiger partial charge on any atom is -0.324 e. The molecule has 1 atom stereocenters. The lowest BCUT2D eigenvalue weighted by Gasteiger charge is -2.23. The molecule has 58 heavy (non-hydrogen) atoms. The predicted octanol–water partition coefficient (Wildman–Crippen LogP) is 12.0. The van der Waals surface area contributed by atoms with Crippen molar-refractivity contribution in [3.8, 4) is 33.8 Å². The molecule has 6 heteroatoms. The van der Waals surface area contributed by atoms with Gasteiger partial charge in [-0.25, -0.2) is 20.0 Å². The molecule has 0 saturated heterocycles. The van der Waals surface area contributed by atoms with E-state index in [1.54, 1.807) is 0 Å². The van der Waals surface area contributed by atoms with E-state index in [1.165, 1.54) is 5.39 Å². The average Bonchev–Trinajstić information content (AvgIpc) is 3.31. The van der Waals surface area contributed by atoms with Crippen molar-refractivity contribution < 1.29 is 0 Å². The van der Waals surface area contributed by atoms with Crippen LogP contribution in [-0.2, 0) is 0 Å². The van der Waals surface area contributed by atoms with Crippen LogP contribution in [0.1, 0.15) is 22.9 Å². The van der Waals surface area contributed by atoms with E-state index in [-0.39, 0.29) is 0 Å². The average molecular weight is 743 g/mol. The number of nitrogens with one attached hydrogen (secondary N) is 1. The summed E-state index contributed by atoms with van der Waals surface area (Å²) < 4.78 is 0. The van der Waals surface area contributed by atoms with Crippen molar-refractivity contribution in [3.63, 3.8) is 0 Å². The van der Waals surface area contributed by atoms with Gasteiger partial charge in [-0.1, -0.05) is 152 Å². The van der Waals surface area contributed by atoms with E-state index >= 15 is 0 Å². The summed E-state index contributed by atoms with van der Waals surface area (Å²) >= 11 is 0. The van der Waals surface area contributed by atoms with Gasteiger partial charge in [0.2, 0.25) is 0 Å². The molecule has 1 aliphatic heterocycles. The summed E-state index contributed by atoms with van der Waals surface area (Å²) in [5.74, 6) is 2.19. The fourth-order valence-electron chi connectivity index (χ4n) is 7.93. The van der Waals surface area contributed by atoms with E-state index in [0.29, 0.717) is 5.82 Å². The van der Waals surface area contributed by atoms with Crippen molar-refractivity contribution in [2.45, 2.75) is 6.17 Å². The minimum atomic E-state index is -0.486. The first kappa shape index (κ1) is 33.5. The van der Waals surface area contributed by atoms with E-state index in [1.807, 2.05) is 48.7 Å². The highest BCUT2D eigenvalue weighted by atomic mass is 15.2. The van der Waals surface area contributed by atoms with Gasteiger partial charge in [-0.3, -0.25) is 4.98 Å². The molecule has 1 N–H and O–H groups in total. The van der Waals surface area contributed by atoms with Crippen LogP contribution in [0.2, 0.25) is 0 Å². The quantitative estimate of drug-likeness (QED) is 0.172. The molecule has 10 aromatic rings. The standard InChI is InChI=1S/C52H34N6/c1-3-13-35(14-4-1)47-44-27-26-34-23-24-39(31-45(34)48(44)55-49(54-47)36-15-5-2-6-16-36)38-19-11-20-41(29-38)50-56-51(42-25-22-33-12-7-8-17-37(33)28-42)58-52(57-50)43-30-40-18-9-10-21-46(40)53-32-43/h1-32,50H,(H,56,57,58). The number of rotatable bonds is 6. The molecule has 1 unspecified atom stereocenters. The number of para-hydroxylation sites is 1. The lowest BCUT2D eigenvalue weighted by molar-refractivity contribution is 0.756. The van der Waals surface area contributed by atoms with Crippen LogP contribution in [0.25, 0.3) is 77.1 Å². The Balaban J connectivity index is 1.04. The number of benzene rings is 8. The van der Waals surface area contributed by atoms with Gasteiger partial charge < -0.3 is 5.32 Å². The second kappa shape index (κ2) is 14.0. The third-order valence-corrected chi connectivity index (χ3v) is 10.9. The van der Waals surface area contributed by atoms with E-state index < -0.39 is 6.17 Å². The zero-order chi connectivity index (χ0) is 38.4. The Morgan fingerprint density at radius 2 is 1.03 bits per heavy atom. The smallest absolute Gasteiger partial charge is 0.169 e. The molecule has 0 amide bonds. The fraction of sp³-hybridized carbons (Fsp3) is 0.0192. The van der Waals surface area contributed by atoms with Gasteiger partial charge in [0.05, 0.1) is 16.7 Å². The monoisotopic (exact) mass is 742 g/mol. The van der Waals surface area contributed by atoms with Crippen LogP contribution < -0.4 is 5.32 Å². The highest BCUT2D eigenvalue weighted by molar-refractivity contribution is 6.17. The van der Waals surface area contributed by atoms with Gasteiger partial charge in [0, 0.05) is 44.6 Å². The molecule has 11 rings (SSSR count). The summed E-state index contributed by atoms with van der Waals surface area (Å²) in [6.45, 7) is 0. The normalized spacial score (nSPS) is 14.0. The molecule has 3 heterocycles. The van der Waals surface area contributed by atoms with Crippen LogP contribution in [0.15, 0.2) is 204 Å². The molecule has 0 radical (unpaired) electrons. The molecule has 0 spiro atoms. The Hall–Kier alpha value is -7.83. The Kier molecular flexibility index (Phi) is 8.11. The maximum absolute atomic E-state index is 5.25. The first-order chi connectivity index (χ1) is 28.7. The number of aliphatic imine (C=N–C) groups is 2. The highest BCUT2D eigenvalue weighted by Crippen LogP contribution is 2.36. The SMILES string of the molecule is c1ccc(-c2nc(-c3ccccc3)c3ccc4ccc(-c5cccc(C6N=C(c7ccc8ccccc8c7)NC(c7cnc8ccccc8c7)=N6)c5)cc4c3n2)cc1. The molecule has 0 fully saturated rings. The van der Waals surface area contributed by atoms with Gasteiger partial charge in [0.15, 0.2) is 12.0 Å². The van der Waals surface area contributed by atoms with Gasteiger partial charge in [-0.15, -0.1) is 0 Å². The maximum Gasteiger partial charge on any atom is 0.169 e. The van der Waals surface area contributed by atoms with Crippen molar-refractivity contribution in [2.75, 3.05) is 0 Å². The van der Waals surface area contributed by atoms with E-state index in [2.05, 4.69) is 151 Å². The van der Waals surface area contributed by atoms with Crippen molar-refractivity contribution in [2.24, 2.45) is 9.98 Å². The number of aromatic nitrogens is 3. The number of hydrogen-bond acceptors (Lipinski definition) is 6. The number of nitrogens with zero attached hydrogens (tertiary/aromatic N) is 5. The second-order valence-electron chi connectivity index (χ2n) is 14.6. The van der Waals surface area contributed by atoms with Crippen LogP contribution in [-0.4, -0.2) is 26.6 Å². The predicted molar refractivity (Wildman–Crippen MR) is 238 cm³/mol. The summed E-state index contributed by atoms with van der Waals surface area (Å²) in [7, 11) is 0. The fourth-order valence-corrected chi connectivity index (χ4v) is 7.93. The highest BCUT2D eigenvalue weighted by Gasteiger charge is 2.22. The van der Waals surface area contributed by atoms with Gasteiger partial charge in [-0.05, 0) is 69.2 Å². The molecular weight excluding hydrogens is 709 g/mol. The van der Waals surface area contributed by atoms with Crippen molar-refractivity contribution in [1.82, 2.24) is 20.3 Å². The molecule has 6 nitrogen and oxygen atoms in total. The molecular formula is C52H34N6. The Bertz CT molecular complexity index is 3170. The van der Waals surface area contributed by atoms with Crippen molar-refractivity contribution >= 4 is 55.0 Å². The van der Waals surface area contributed by atoms with Crippen LogP contribution in [0.3, 0.4) is 0 Å². The Morgan fingerprint density at radius 1 is 0.397 bits per heavy atom.